The molecule has 1 aromatic carbocycles. The van der Waals surface area contributed by atoms with Crippen molar-refractivity contribution in [3.63, 3.8) is 0 Å². The molecular weight excluding hydrogens is 300 g/mol. The third-order valence-electron chi connectivity index (χ3n) is 4.10. The summed E-state index contributed by atoms with van der Waals surface area (Å²) in [6.45, 7) is 2.70. The van der Waals surface area contributed by atoms with Gasteiger partial charge in [-0.3, -0.25) is 4.79 Å². The number of benzene rings is 1. The second-order valence-corrected chi connectivity index (χ2v) is 6.54. The largest absolute Gasteiger partial charge is 0.492 e. The van der Waals surface area contributed by atoms with Gasteiger partial charge in [-0.15, -0.1) is 11.3 Å². The van der Waals surface area contributed by atoms with Gasteiger partial charge in [0.05, 0.1) is 22.9 Å². The summed E-state index contributed by atoms with van der Waals surface area (Å²) >= 11 is 1.46. The molecule has 22 heavy (non-hydrogen) atoms. The van der Waals surface area contributed by atoms with Crippen LogP contribution in [0.15, 0.2) is 18.3 Å². The van der Waals surface area contributed by atoms with E-state index < -0.39 is 0 Å². The summed E-state index contributed by atoms with van der Waals surface area (Å²) in [6.07, 6.45) is 1.33. The van der Waals surface area contributed by atoms with E-state index >= 15 is 0 Å². The van der Waals surface area contributed by atoms with Crippen molar-refractivity contribution in [2.24, 2.45) is 0 Å². The third kappa shape index (κ3) is 1.75. The molecule has 3 heterocycles. The lowest BCUT2D eigenvalue weighted by Crippen LogP contribution is -2.36. The van der Waals surface area contributed by atoms with E-state index in [1.807, 2.05) is 26.1 Å². The van der Waals surface area contributed by atoms with Crippen LogP contribution >= 0.6 is 11.3 Å². The quantitative estimate of drug-likeness (QED) is 0.666. The SMILES string of the molecule is C[C@@H]1CNc2c(sc3ccc4nc(O)cnc4c23)C(=O)N1C. The first-order valence-electron chi connectivity index (χ1n) is 6.98. The number of anilines is 1. The van der Waals surface area contributed by atoms with Gasteiger partial charge in [0.15, 0.2) is 0 Å². The van der Waals surface area contributed by atoms with Crippen molar-refractivity contribution in [3.8, 4) is 5.88 Å². The average molecular weight is 314 g/mol. The number of hydrogen-bond donors (Lipinski definition) is 2. The van der Waals surface area contributed by atoms with Gasteiger partial charge in [0.2, 0.25) is 5.88 Å². The first-order chi connectivity index (χ1) is 10.6. The van der Waals surface area contributed by atoms with Gasteiger partial charge in [-0.05, 0) is 19.1 Å². The topological polar surface area (TPSA) is 78.4 Å². The monoisotopic (exact) mass is 314 g/mol. The molecule has 1 amide bonds. The van der Waals surface area contributed by atoms with Gasteiger partial charge in [-0.25, -0.2) is 9.97 Å². The molecule has 1 aliphatic heterocycles. The number of carbonyl (C=O) groups excluding carboxylic acids is 1. The molecule has 0 aliphatic carbocycles. The smallest absolute Gasteiger partial charge is 0.266 e. The number of likely N-dealkylation sites (N-methyl/N-ethyl adjacent to an activating group) is 1. The molecule has 7 heteroatoms. The fourth-order valence-corrected chi connectivity index (χ4v) is 3.89. The van der Waals surface area contributed by atoms with Crippen molar-refractivity contribution in [1.82, 2.24) is 14.9 Å². The first kappa shape index (κ1) is 13.3. The number of hydrogen-bond acceptors (Lipinski definition) is 6. The Morgan fingerprint density at radius 2 is 2.27 bits per heavy atom. The number of nitrogens with zero attached hydrogens (tertiary/aromatic N) is 3. The zero-order chi connectivity index (χ0) is 15.4. The molecule has 0 bridgehead atoms. The fourth-order valence-electron chi connectivity index (χ4n) is 2.72. The number of thiophene rings is 1. The molecular formula is C15H14N4O2S. The van der Waals surface area contributed by atoms with Gasteiger partial charge in [0.1, 0.15) is 4.88 Å². The molecule has 3 aromatic rings. The van der Waals surface area contributed by atoms with Crippen molar-refractivity contribution >= 4 is 44.1 Å². The maximum absolute atomic E-state index is 12.6. The maximum atomic E-state index is 12.6. The van der Waals surface area contributed by atoms with Crippen LogP contribution in [0.3, 0.4) is 0 Å². The van der Waals surface area contributed by atoms with Crippen molar-refractivity contribution in [2.45, 2.75) is 13.0 Å². The zero-order valence-corrected chi connectivity index (χ0v) is 12.9. The van der Waals surface area contributed by atoms with Crippen LogP contribution in [-0.2, 0) is 0 Å². The van der Waals surface area contributed by atoms with E-state index in [1.165, 1.54) is 17.5 Å². The molecule has 1 atom stereocenters. The van der Waals surface area contributed by atoms with Crippen molar-refractivity contribution in [3.05, 3.63) is 23.2 Å². The Morgan fingerprint density at radius 1 is 1.45 bits per heavy atom. The Hall–Kier alpha value is -2.41. The zero-order valence-electron chi connectivity index (χ0n) is 12.1. The van der Waals surface area contributed by atoms with Gasteiger partial charge in [0, 0.05) is 29.7 Å². The summed E-state index contributed by atoms with van der Waals surface area (Å²) < 4.78 is 0.987. The van der Waals surface area contributed by atoms with Crippen LogP contribution in [0.25, 0.3) is 21.1 Å². The number of nitrogens with one attached hydrogen (secondary N) is 1. The van der Waals surface area contributed by atoms with E-state index in [9.17, 15) is 9.90 Å². The summed E-state index contributed by atoms with van der Waals surface area (Å²) in [7, 11) is 1.82. The lowest BCUT2D eigenvalue weighted by Gasteiger charge is -2.21. The Morgan fingerprint density at radius 3 is 3.09 bits per heavy atom. The minimum atomic E-state index is -0.106. The molecule has 0 saturated carbocycles. The Labute approximate surface area is 130 Å². The lowest BCUT2D eigenvalue weighted by molar-refractivity contribution is 0.0762. The normalized spacial score (nSPS) is 18.4. The van der Waals surface area contributed by atoms with Crippen LogP contribution in [-0.4, -0.2) is 45.5 Å². The second-order valence-electron chi connectivity index (χ2n) is 5.49. The molecule has 0 spiro atoms. The number of aromatic hydroxyl groups is 1. The van der Waals surface area contributed by atoms with Crippen LogP contribution < -0.4 is 5.32 Å². The Bertz CT molecular complexity index is 921. The fraction of sp³-hybridized carbons (Fsp3) is 0.267. The maximum Gasteiger partial charge on any atom is 0.266 e. The number of rotatable bonds is 0. The van der Waals surface area contributed by atoms with E-state index in [2.05, 4.69) is 15.3 Å². The molecule has 4 rings (SSSR count). The molecule has 0 unspecified atom stereocenters. The summed E-state index contributed by atoms with van der Waals surface area (Å²) in [5, 5.41) is 13.8. The van der Waals surface area contributed by atoms with E-state index in [0.29, 0.717) is 22.5 Å². The minimum Gasteiger partial charge on any atom is -0.492 e. The summed E-state index contributed by atoms with van der Waals surface area (Å²) in [6, 6.07) is 3.85. The highest BCUT2D eigenvalue weighted by molar-refractivity contribution is 7.21. The van der Waals surface area contributed by atoms with Crippen LogP contribution in [0.5, 0.6) is 5.88 Å². The highest BCUT2D eigenvalue weighted by Gasteiger charge is 2.28. The van der Waals surface area contributed by atoms with E-state index in [1.54, 1.807) is 4.90 Å². The van der Waals surface area contributed by atoms with Crippen LogP contribution in [0.1, 0.15) is 16.6 Å². The molecule has 112 valence electrons. The molecule has 1 aliphatic rings. The van der Waals surface area contributed by atoms with Crippen LogP contribution in [0.4, 0.5) is 5.69 Å². The van der Waals surface area contributed by atoms with E-state index in [0.717, 1.165) is 15.8 Å². The van der Waals surface area contributed by atoms with Crippen LogP contribution in [0, 0.1) is 0 Å². The van der Waals surface area contributed by atoms with Gasteiger partial charge < -0.3 is 15.3 Å². The third-order valence-corrected chi connectivity index (χ3v) is 5.24. The second kappa shape index (κ2) is 4.54. The molecule has 0 radical (unpaired) electrons. The Kier molecular flexibility index (Phi) is 2.74. The molecule has 0 fully saturated rings. The molecule has 0 saturated heterocycles. The van der Waals surface area contributed by atoms with Crippen molar-refractivity contribution < 1.29 is 9.90 Å². The highest BCUT2D eigenvalue weighted by Crippen LogP contribution is 2.41. The number of amides is 1. The summed E-state index contributed by atoms with van der Waals surface area (Å²) in [4.78, 5) is 23.5. The highest BCUT2D eigenvalue weighted by atomic mass is 32.1. The van der Waals surface area contributed by atoms with Gasteiger partial charge >= 0.3 is 0 Å². The summed E-state index contributed by atoms with van der Waals surface area (Å²) in [5.74, 6) is -0.0841. The van der Waals surface area contributed by atoms with Gasteiger partial charge in [-0.2, -0.15) is 0 Å². The average Bonchev–Trinajstić information content (AvgIpc) is 2.85. The predicted octanol–water partition coefficient (Wildman–Crippen LogP) is 2.44. The molecule has 2 N–H and O–H groups in total. The van der Waals surface area contributed by atoms with Crippen molar-refractivity contribution in [1.29, 1.82) is 0 Å². The van der Waals surface area contributed by atoms with E-state index in [4.69, 9.17) is 0 Å². The van der Waals surface area contributed by atoms with E-state index in [-0.39, 0.29) is 17.8 Å². The standard InChI is InChI=1S/C15H14N4O2S/c1-7-5-16-13-11-9(22-14(13)15(21)19(7)2)4-3-8-12(11)17-6-10(20)18-8/h3-4,6-7,16H,5H2,1-2H3,(H,18,20)/t7-/m1/s1. The number of fused-ring (bicyclic) bond motifs is 5. The molecule has 2 aromatic heterocycles. The minimum absolute atomic E-state index is 0.0218. The van der Waals surface area contributed by atoms with Gasteiger partial charge in [-0.1, -0.05) is 0 Å². The summed E-state index contributed by atoms with van der Waals surface area (Å²) in [5.41, 5.74) is 2.14. The lowest BCUT2D eigenvalue weighted by atomic mass is 10.1. The number of carbonyl (C=O) groups is 1. The van der Waals surface area contributed by atoms with Gasteiger partial charge in [0.25, 0.3) is 5.91 Å². The van der Waals surface area contributed by atoms with Crippen LogP contribution in [0.2, 0.25) is 0 Å². The predicted molar refractivity (Wildman–Crippen MR) is 86.6 cm³/mol. The molecule has 6 nitrogen and oxygen atoms in total. The Balaban J connectivity index is 2.07. The van der Waals surface area contributed by atoms with Crippen molar-refractivity contribution in [2.75, 3.05) is 18.9 Å². The number of aromatic nitrogens is 2. The first-order valence-corrected chi connectivity index (χ1v) is 7.80.